The Morgan fingerprint density at radius 1 is 1.11 bits per heavy atom. The van der Waals surface area contributed by atoms with Crippen molar-refractivity contribution in [2.75, 3.05) is 0 Å². The maximum Gasteiger partial charge on any atom is 0.0774 e. The highest BCUT2D eigenvalue weighted by molar-refractivity contribution is 6.41. The molecule has 0 saturated heterocycles. The Balaban J connectivity index is 2.46. The van der Waals surface area contributed by atoms with Gasteiger partial charge in [-0.3, -0.25) is 4.98 Å². The van der Waals surface area contributed by atoms with Crippen LogP contribution in [0.1, 0.15) is 5.69 Å². The van der Waals surface area contributed by atoms with Crippen LogP contribution >= 0.6 is 34.8 Å². The number of rotatable bonds is 2. The minimum atomic E-state index is 0.280. The maximum atomic E-state index is 8.58. The molecule has 1 aromatic carbocycles. The van der Waals surface area contributed by atoms with Crippen molar-refractivity contribution in [2.45, 2.75) is 6.42 Å². The lowest BCUT2D eigenvalue weighted by atomic mass is 10.1. The van der Waals surface area contributed by atoms with Crippen molar-refractivity contribution >= 4 is 34.8 Å². The van der Waals surface area contributed by atoms with Crippen LogP contribution in [-0.4, -0.2) is 4.98 Å². The third-order valence-corrected chi connectivity index (χ3v) is 3.19. The molecule has 2 rings (SSSR count). The molecule has 0 aliphatic carbocycles. The van der Waals surface area contributed by atoms with Gasteiger partial charge >= 0.3 is 0 Å². The second-order valence-corrected chi connectivity index (χ2v) is 4.87. The van der Waals surface area contributed by atoms with Crippen molar-refractivity contribution in [1.82, 2.24) is 4.98 Å². The Kier molecular flexibility index (Phi) is 4.08. The zero-order valence-corrected chi connectivity index (χ0v) is 11.4. The van der Waals surface area contributed by atoms with Gasteiger partial charge in [-0.25, -0.2) is 0 Å². The highest BCUT2D eigenvalue weighted by Crippen LogP contribution is 2.36. The van der Waals surface area contributed by atoms with E-state index in [-0.39, 0.29) is 6.42 Å². The standard InChI is InChI=1S/C13H7Cl3N2/c14-9-5-11(15)13(12(16)6-9)8-1-2-10(3-4-17)18-7-8/h1-2,5-7H,3H2. The average Bonchev–Trinajstić information content (AvgIpc) is 2.30. The van der Waals surface area contributed by atoms with Crippen LogP contribution < -0.4 is 0 Å². The van der Waals surface area contributed by atoms with Crippen LogP contribution in [0.3, 0.4) is 0 Å². The molecule has 1 aromatic heterocycles. The molecule has 0 unspecified atom stereocenters. The van der Waals surface area contributed by atoms with E-state index in [0.29, 0.717) is 26.3 Å². The fraction of sp³-hybridized carbons (Fsp3) is 0.0769. The monoisotopic (exact) mass is 296 g/mol. The molecule has 0 bridgehead atoms. The van der Waals surface area contributed by atoms with E-state index in [9.17, 15) is 0 Å². The highest BCUT2D eigenvalue weighted by atomic mass is 35.5. The van der Waals surface area contributed by atoms with Crippen LogP contribution in [0.4, 0.5) is 0 Å². The van der Waals surface area contributed by atoms with Crippen LogP contribution in [0.2, 0.25) is 15.1 Å². The first kappa shape index (κ1) is 13.2. The van der Waals surface area contributed by atoms with Gasteiger partial charge < -0.3 is 0 Å². The van der Waals surface area contributed by atoms with Gasteiger partial charge in [0.2, 0.25) is 0 Å². The van der Waals surface area contributed by atoms with Crippen LogP contribution in [0.25, 0.3) is 11.1 Å². The van der Waals surface area contributed by atoms with Gasteiger partial charge in [-0.2, -0.15) is 5.26 Å². The topological polar surface area (TPSA) is 36.7 Å². The summed E-state index contributed by atoms with van der Waals surface area (Å²) in [5.41, 5.74) is 2.20. The molecule has 90 valence electrons. The summed E-state index contributed by atoms with van der Waals surface area (Å²) in [5, 5.41) is 10.0. The molecule has 0 fully saturated rings. The molecule has 0 saturated carbocycles. The van der Waals surface area contributed by atoms with E-state index >= 15 is 0 Å². The third-order valence-electron chi connectivity index (χ3n) is 2.38. The number of pyridine rings is 1. The minimum absolute atomic E-state index is 0.280. The number of hydrogen-bond acceptors (Lipinski definition) is 2. The van der Waals surface area contributed by atoms with Gasteiger partial charge in [0.1, 0.15) is 0 Å². The summed E-state index contributed by atoms with van der Waals surface area (Å²) in [5.74, 6) is 0. The largest absolute Gasteiger partial charge is 0.260 e. The van der Waals surface area contributed by atoms with E-state index in [1.54, 1.807) is 24.4 Å². The molecular formula is C13H7Cl3N2. The number of hydrogen-bond donors (Lipinski definition) is 0. The van der Waals surface area contributed by atoms with Gasteiger partial charge in [0.25, 0.3) is 0 Å². The highest BCUT2D eigenvalue weighted by Gasteiger charge is 2.10. The third kappa shape index (κ3) is 2.76. The SMILES string of the molecule is N#CCc1ccc(-c2c(Cl)cc(Cl)cc2Cl)cn1. The van der Waals surface area contributed by atoms with Gasteiger partial charge in [0, 0.05) is 22.3 Å². The molecule has 0 radical (unpaired) electrons. The second kappa shape index (κ2) is 5.58. The summed E-state index contributed by atoms with van der Waals surface area (Å²) >= 11 is 18.1. The van der Waals surface area contributed by atoms with Gasteiger partial charge in [-0.05, 0) is 18.2 Å². The van der Waals surface area contributed by atoms with Crippen molar-refractivity contribution in [3.8, 4) is 17.2 Å². The second-order valence-electron chi connectivity index (χ2n) is 3.62. The molecule has 0 spiro atoms. The molecule has 5 heteroatoms. The van der Waals surface area contributed by atoms with E-state index in [2.05, 4.69) is 4.98 Å². The fourth-order valence-corrected chi connectivity index (χ4v) is 2.61. The molecule has 0 atom stereocenters. The Morgan fingerprint density at radius 2 is 1.78 bits per heavy atom. The summed E-state index contributed by atoms with van der Waals surface area (Å²) in [6.07, 6.45) is 1.93. The molecule has 1 heterocycles. The number of halogens is 3. The average molecular weight is 298 g/mol. The molecule has 2 aromatic rings. The zero-order valence-electron chi connectivity index (χ0n) is 9.12. The summed E-state index contributed by atoms with van der Waals surface area (Å²) in [4.78, 5) is 4.18. The molecule has 0 aliphatic rings. The van der Waals surface area contributed by atoms with Crippen molar-refractivity contribution in [3.05, 3.63) is 51.2 Å². The summed E-state index contributed by atoms with van der Waals surface area (Å²) in [6, 6.07) is 8.92. The molecule has 2 nitrogen and oxygen atoms in total. The van der Waals surface area contributed by atoms with E-state index in [1.807, 2.05) is 12.1 Å². The number of nitrogens with zero attached hydrogens (tertiary/aromatic N) is 2. The van der Waals surface area contributed by atoms with Crippen molar-refractivity contribution < 1.29 is 0 Å². The first-order valence-electron chi connectivity index (χ1n) is 5.08. The van der Waals surface area contributed by atoms with E-state index in [4.69, 9.17) is 40.1 Å². The van der Waals surface area contributed by atoms with E-state index < -0.39 is 0 Å². The van der Waals surface area contributed by atoms with E-state index in [0.717, 1.165) is 5.56 Å². The predicted octanol–water partition coefficient (Wildman–Crippen LogP) is 4.77. The quantitative estimate of drug-likeness (QED) is 0.800. The van der Waals surface area contributed by atoms with Crippen LogP contribution in [0.5, 0.6) is 0 Å². The van der Waals surface area contributed by atoms with Crippen LogP contribution in [-0.2, 0) is 6.42 Å². The molecule has 0 amide bonds. The van der Waals surface area contributed by atoms with Gasteiger partial charge in [-0.1, -0.05) is 40.9 Å². The van der Waals surface area contributed by atoms with Gasteiger partial charge in [0.15, 0.2) is 0 Å². The van der Waals surface area contributed by atoms with Crippen molar-refractivity contribution in [1.29, 1.82) is 5.26 Å². The Hall–Kier alpha value is -1.27. The maximum absolute atomic E-state index is 8.58. The Bertz CT molecular complexity index is 592. The smallest absolute Gasteiger partial charge is 0.0774 e. The normalized spacial score (nSPS) is 10.1. The lowest BCUT2D eigenvalue weighted by Gasteiger charge is -2.08. The lowest BCUT2D eigenvalue weighted by Crippen LogP contribution is -1.89. The number of benzene rings is 1. The summed E-state index contributed by atoms with van der Waals surface area (Å²) in [6.45, 7) is 0. The van der Waals surface area contributed by atoms with E-state index in [1.165, 1.54) is 0 Å². The molecular weight excluding hydrogens is 291 g/mol. The Labute approximate surface area is 120 Å². The number of aromatic nitrogens is 1. The minimum Gasteiger partial charge on any atom is -0.260 e. The molecule has 18 heavy (non-hydrogen) atoms. The van der Waals surface area contributed by atoms with Crippen molar-refractivity contribution in [2.24, 2.45) is 0 Å². The first-order valence-corrected chi connectivity index (χ1v) is 6.22. The first-order chi connectivity index (χ1) is 8.61. The van der Waals surface area contributed by atoms with Crippen LogP contribution in [0, 0.1) is 11.3 Å². The predicted molar refractivity (Wildman–Crippen MR) is 74.0 cm³/mol. The lowest BCUT2D eigenvalue weighted by molar-refractivity contribution is 1.12. The molecule has 0 aliphatic heterocycles. The Morgan fingerprint density at radius 3 is 2.28 bits per heavy atom. The zero-order chi connectivity index (χ0) is 13.1. The fourth-order valence-electron chi connectivity index (χ4n) is 1.58. The van der Waals surface area contributed by atoms with Gasteiger partial charge in [-0.15, -0.1) is 0 Å². The summed E-state index contributed by atoms with van der Waals surface area (Å²) in [7, 11) is 0. The van der Waals surface area contributed by atoms with Gasteiger partial charge in [0.05, 0.1) is 28.2 Å². The number of nitriles is 1. The molecule has 0 N–H and O–H groups in total. The van der Waals surface area contributed by atoms with Crippen LogP contribution in [0.15, 0.2) is 30.5 Å². The van der Waals surface area contributed by atoms with Crippen molar-refractivity contribution in [3.63, 3.8) is 0 Å². The summed E-state index contributed by atoms with van der Waals surface area (Å²) < 4.78 is 0.